The molecule has 3 aromatic rings. The summed E-state index contributed by atoms with van der Waals surface area (Å²) in [6.07, 6.45) is 3.88. The quantitative estimate of drug-likeness (QED) is 0.506. The van der Waals surface area contributed by atoms with Gasteiger partial charge in [0.15, 0.2) is 6.20 Å². The molecule has 4 rings (SSSR count). The van der Waals surface area contributed by atoms with Crippen LogP contribution in [-0.4, -0.2) is 13.1 Å². The summed E-state index contributed by atoms with van der Waals surface area (Å²) < 4.78 is 8.33. The van der Waals surface area contributed by atoms with Crippen molar-refractivity contribution in [2.45, 2.75) is 20.0 Å². The third-order valence-electron chi connectivity index (χ3n) is 4.98. The van der Waals surface area contributed by atoms with E-state index in [0.717, 1.165) is 11.6 Å². The molecule has 0 atom stereocenters. The number of ether oxygens (including phenoxy) is 1. The van der Waals surface area contributed by atoms with Gasteiger partial charge in [0.2, 0.25) is 11.6 Å². The third-order valence-corrected chi connectivity index (χ3v) is 8.45. The number of pyridine rings is 2. The van der Waals surface area contributed by atoms with Crippen molar-refractivity contribution < 1.29 is 9.30 Å². The van der Waals surface area contributed by atoms with Crippen LogP contribution >= 0.6 is 0 Å². The maximum absolute atomic E-state index is 6.18. The van der Waals surface area contributed by atoms with Gasteiger partial charge in [-0.3, -0.25) is 0 Å². The normalized spacial score (nSPS) is 14.5. The molecule has 0 radical (unpaired) electrons. The van der Waals surface area contributed by atoms with Crippen LogP contribution in [0, 0.1) is 6.92 Å². The van der Waals surface area contributed by atoms with Crippen LogP contribution in [0.1, 0.15) is 5.56 Å². The van der Waals surface area contributed by atoms with Gasteiger partial charge in [0, 0.05) is 23.5 Å². The average Bonchev–Trinajstić information content (AvgIpc) is 2.56. The van der Waals surface area contributed by atoms with E-state index >= 15 is 0 Å². The highest BCUT2D eigenvalue weighted by molar-refractivity contribution is 7.01. The molecule has 0 saturated carbocycles. The second-order valence-electron chi connectivity index (χ2n) is 6.94. The summed E-state index contributed by atoms with van der Waals surface area (Å²) in [5.74, 6) is 1.73. The predicted molar refractivity (Wildman–Crippen MR) is 98.9 cm³/mol. The first-order chi connectivity index (χ1) is 11.5. The van der Waals surface area contributed by atoms with Crippen molar-refractivity contribution in [2.75, 3.05) is 0 Å². The minimum Gasteiger partial charge on any atom is -0.439 e. The molecule has 1 aromatic carbocycles. The Kier molecular flexibility index (Phi) is 3.32. The molecule has 0 bridgehead atoms. The Balaban J connectivity index is 1.93. The molecule has 0 spiro atoms. The van der Waals surface area contributed by atoms with Crippen LogP contribution < -0.4 is 19.7 Å². The Morgan fingerprint density at radius 1 is 1.04 bits per heavy atom. The first-order valence-electron chi connectivity index (χ1n) is 8.22. The van der Waals surface area contributed by atoms with Gasteiger partial charge in [-0.05, 0) is 35.9 Å². The van der Waals surface area contributed by atoms with E-state index in [9.17, 15) is 0 Å². The maximum Gasteiger partial charge on any atom is 0.218 e. The fourth-order valence-electron chi connectivity index (χ4n) is 3.54. The third kappa shape index (κ3) is 2.18. The summed E-state index contributed by atoms with van der Waals surface area (Å²) in [5.41, 5.74) is 3.68. The molecule has 0 N–H and O–H groups in total. The number of hydrogen-bond donors (Lipinski definition) is 0. The fraction of sp³-hybridized carbons (Fsp3) is 0.200. The summed E-state index contributed by atoms with van der Waals surface area (Å²) in [6, 6.07) is 14.9. The van der Waals surface area contributed by atoms with Crippen LogP contribution in [0.2, 0.25) is 13.1 Å². The zero-order valence-electron chi connectivity index (χ0n) is 14.5. The molecule has 3 heterocycles. The Hall–Kier alpha value is -2.46. The lowest BCUT2D eigenvalue weighted by molar-refractivity contribution is -0.660. The van der Waals surface area contributed by atoms with Crippen LogP contribution in [0.4, 0.5) is 0 Å². The van der Waals surface area contributed by atoms with E-state index in [1.54, 1.807) is 6.20 Å². The van der Waals surface area contributed by atoms with Gasteiger partial charge in [-0.25, -0.2) is 9.55 Å². The number of rotatable bonds is 1. The van der Waals surface area contributed by atoms with Crippen LogP contribution in [0.15, 0.2) is 54.9 Å². The summed E-state index contributed by atoms with van der Waals surface area (Å²) in [6.45, 7) is 6.93. The Labute approximate surface area is 143 Å². The predicted octanol–water partition coefficient (Wildman–Crippen LogP) is 2.81. The smallest absolute Gasteiger partial charge is 0.218 e. The molecule has 0 fully saturated rings. The molecule has 0 amide bonds. The highest BCUT2D eigenvalue weighted by atomic mass is 28.3. The second-order valence-corrected chi connectivity index (χ2v) is 11.3. The Morgan fingerprint density at radius 3 is 2.67 bits per heavy atom. The van der Waals surface area contributed by atoms with Crippen LogP contribution in [-0.2, 0) is 7.05 Å². The van der Waals surface area contributed by atoms with Crippen molar-refractivity contribution in [3.05, 3.63) is 60.4 Å². The molecular formula is C20H21N2OSi+. The zero-order valence-corrected chi connectivity index (χ0v) is 15.5. The first-order valence-corrected chi connectivity index (χ1v) is 11.2. The fourth-order valence-corrected chi connectivity index (χ4v) is 6.31. The van der Waals surface area contributed by atoms with Crippen molar-refractivity contribution in [2.24, 2.45) is 7.05 Å². The molecule has 0 saturated heterocycles. The Bertz CT molecular complexity index is 950. The zero-order chi connectivity index (χ0) is 16.9. The summed E-state index contributed by atoms with van der Waals surface area (Å²) in [5, 5.41) is 2.62. The van der Waals surface area contributed by atoms with E-state index in [0.29, 0.717) is 0 Å². The molecule has 2 aromatic heterocycles. The van der Waals surface area contributed by atoms with Crippen molar-refractivity contribution in [3.8, 4) is 22.9 Å². The first kappa shape index (κ1) is 15.1. The van der Waals surface area contributed by atoms with E-state index in [-0.39, 0.29) is 0 Å². The maximum atomic E-state index is 6.18. The molecule has 1 aliphatic heterocycles. The highest BCUT2D eigenvalue weighted by Crippen LogP contribution is 2.32. The van der Waals surface area contributed by atoms with Crippen LogP contribution in [0.25, 0.3) is 11.3 Å². The van der Waals surface area contributed by atoms with Crippen molar-refractivity contribution in [1.82, 2.24) is 4.98 Å². The number of benzene rings is 1. The largest absolute Gasteiger partial charge is 0.439 e. The SMILES string of the molecule is Cc1cc2c(cc1-c1cccc[n+]1C)Oc1ncccc1[Si]2(C)C. The van der Waals surface area contributed by atoms with Crippen molar-refractivity contribution in [1.29, 1.82) is 0 Å². The van der Waals surface area contributed by atoms with Crippen LogP contribution in [0.5, 0.6) is 11.6 Å². The van der Waals surface area contributed by atoms with Gasteiger partial charge < -0.3 is 4.74 Å². The lowest BCUT2D eigenvalue weighted by Crippen LogP contribution is -2.56. The van der Waals surface area contributed by atoms with Gasteiger partial charge in [-0.1, -0.05) is 25.2 Å². The van der Waals surface area contributed by atoms with Crippen LogP contribution in [0.3, 0.4) is 0 Å². The standard InChI is InChI=1S/C20H21N2OSi/c1-14-12-19-17(13-15(14)16-8-5-6-11-22(16)2)23-20-18(24(19,3)4)9-7-10-21-20/h5-13H,1-4H3/q+1. The van der Waals surface area contributed by atoms with Crippen molar-refractivity contribution >= 4 is 18.4 Å². The summed E-state index contributed by atoms with van der Waals surface area (Å²) in [7, 11) is 0.279. The minimum atomic E-state index is -1.79. The molecule has 3 nitrogen and oxygen atoms in total. The monoisotopic (exact) mass is 333 g/mol. The number of aromatic nitrogens is 2. The number of hydrogen-bond acceptors (Lipinski definition) is 2. The molecule has 0 aliphatic carbocycles. The number of nitrogens with zero attached hydrogens (tertiary/aromatic N) is 2. The van der Waals surface area contributed by atoms with Gasteiger partial charge in [0.1, 0.15) is 20.9 Å². The highest BCUT2D eigenvalue weighted by Gasteiger charge is 2.37. The molecule has 120 valence electrons. The summed E-state index contributed by atoms with van der Waals surface area (Å²) in [4.78, 5) is 4.46. The average molecular weight is 333 g/mol. The van der Waals surface area contributed by atoms with E-state index in [1.807, 2.05) is 12.1 Å². The van der Waals surface area contributed by atoms with Gasteiger partial charge in [-0.2, -0.15) is 0 Å². The van der Waals surface area contributed by atoms with E-state index < -0.39 is 8.07 Å². The van der Waals surface area contributed by atoms with E-state index in [4.69, 9.17) is 4.74 Å². The van der Waals surface area contributed by atoms with E-state index in [1.165, 1.54) is 27.2 Å². The number of fused-ring (bicyclic) bond motifs is 2. The van der Waals surface area contributed by atoms with Gasteiger partial charge in [0.05, 0.1) is 5.56 Å². The van der Waals surface area contributed by atoms with Gasteiger partial charge >= 0.3 is 0 Å². The Morgan fingerprint density at radius 2 is 1.88 bits per heavy atom. The molecular weight excluding hydrogens is 312 g/mol. The second kappa shape index (κ2) is 5.28. The molecule has 4 heteroatoms. The number of aryl methyl sites for hydroxylation is 2. The molecule has 0 unspecified atom stereocenters. The lowest BCUT2D eigenvalue weighted by atomic mass is 10.0. The molecule has 24 heavy (non-hydrogen) atoms. The topological polar surface area (TPSA) is 26.0 Å². The summed E-state index contributed by atoms with van der Waals surface area (Å²) >= 11 is 0. The lowest BCUT2D eigenvalue weighted by Gasteiger charge is -2.32. The van der Waals surface area contributed by atoms with Gasteiger partial charge in [-0.15, -0.1) is 0 Å². The van der Waals surface area contributed by atoms with Gasteiger partial charge in [0.25, 0.3) is 0 Å². The van der Waals surface area contributed by atoms with E-state index in [2.05, 4.69) is 73.1 Å². The minimum absolute atomic E-state index is 0.772. The molecule has 1 aliphatic rings. The van der Waals surface area contributed by atoms with Crippen molar-refractivity contribution in [3.63, 3.8) is 0 Å².